The molecule has 0 bridgehead atoms. The molecule has 0 saturated carbocycles. The van der Waals surface area contributed by atoms with E-state index >= 15 is 0 Å². The van der Waals surface area contributed by atoms with Gasteiger partial charge in [0.05, 0.1) is 17.1 Å². The van der Waals surface area contributed by atoms with Crippen molar-refractivity contribution in [2.75, 3.05) is 0 Å². The second kappa shape index (κ2) is 7.27. The summed E-state index contributed by atoms with van der Waals surface area (Å²) < 4.78 is 15.2. The summed E-state index contributed by atoms with van der Waals surface area (Å²) in [6.45, 7) is 4.05. The molecule has 0 aliphatic heterocycles. The zero-order valence-electron chi connectivity index (χ0n) is 13.9. The minimum Gasteiger partial charge on any atom is -0.267 e. The number of nitrogens with zero attached hydrogens (tertiary/aromatic N) is 3. The summed E-state index contributed by atoms with van der Waals surface area (Å²) in [7, 11) is 0. The maximum absolute atomic E-state index is 13.0. The fraction of sp³-hybridized carbons (Fsp3) is 0.211. The van der Waals surface area contributed by atoms with Crippen LogP contribution in [0.3, 0.4) is 0 Å². The Kier molecular flexibility index (Phi) is 5.08. The molecule has 0 radical (unpaired) electrons. The highest BCUT2D eigenvalue weighted by Crippen LogP contribution is 2.20. The topological polar surface area (TPSA) is 47.2 Å². The molecule has 128 valence electrons. The minimum atomic E-state index is -0.313. The average molecular weight is 402 g/mol. The molecule has 4 nitrogen and oxygen atoms in total. The maximum Gasteiger partial charge on any atom is 0.282 e. The Balaban J connectivity index is 2.18. The Morgan fingerprint density at radius 2 is 2.00 bits per heavy atom. The molecular weight excluding hydrogens is 385 g/mol. The molecule has 0 N–H and O–H groups in total. The zero-order valence-corrected chi connectivity index (χ0v) is 15.5. The quantitative estimate of drug-likeness (QED) is 0.595. The van der Waals surface area contributed by atoms with Gasteiger partial charge in [0.1, 0.15) is 11.6 Å². The van der Waals surface area contributed by atoms with E-state index in [2.05, 4.69) is 26.0 Å². The molecule has 25 heavy (non-hydrogen) atoms. The SMILES string of the molecule is CC[C@H](C)c1nc2ccc(Br)cc2c(=O)n1N=Cc1ccc(F)cc1. The molecule has 2 aromatic carbocycles. The lowest BCUT2D eigenvalue weighted by atomic mass is 10.1. The highest BCUT2D eigenvalue weighted by atomic mass is 79.9. The number of benzene rings is 2. The molecule has 1 heterocycles. The number of fused-ring (bicyclic) bond motifs is 1. The summed E-state index contributed by atoms with van der Waals surface area (Å²) in [6, 6.07) is 11.4. The van der Waals surface area contributed by atoms with Crippen LogP contribution in [0.1, 0.15) is 37.6 Å². The van der Waals surface area contributed by atoms with Crippen molar-refractivity contribution in [2.45, 2.75) is 26.2 Å². The van der Waals surface area contributed by atoms with Gasteiger partial charge in [-0.3, -0.25) is 4.79 Å². The van der Waals surface area contributed by atoms with Crippen LogP contribution >= 0.6 is 15.9 Å². The first kappa shape index (κ1) is 17.5. The number of aromatic nitrogens is 2. The van der Waals surface area contributed by atoms with E-state index in [9.17, 15) is 9.18 Å². The Morgan fingerprint density at radius 1 is 1.28 bits per heavy atom. The van der Waals surface area contributed by atoms with E-state index in [-0.39, 0.29) is 17.3 Å². The summed E-state index contributed by atoms with van der Waals surface area (Å²) in [5.41, 5.74) is 1.13. The summed E-state index contributed by atoms with van der Waals surface area (Å²) in [5.74, 6) is 0.374. The number of hydrogen-bond acceptors (Lipinski definition) is 3. The minimum absolute atomic E-state index is 0.0751. The van der Waals surface area contributed by atoms with E-state index in [4.69, 9.17) is 0 Å². The Hall–Kier alpha value is -2.34. The third-order valence-corrected chi connectivity index (χ3v) is 4.57. The van der Waals surface area contributed by atoms with E-state index < -0.39 is 0 Å². The van der Waals surface area contributed by atoms with Gasteiger partial charge in [0.2, 0.25) is 0 Å². The van der Waals surface area contributed by atoms with Gasteiger partial charge in [0.25, 0.3) is 5.56 Å². The van der Waals surface area contributed by atoms with E-state index in [1.807, 2.05) is 26.0 Å². The molecule has 0 aliphatic rings. The molecule has 0 amide bonds. The van der Waals surface area contributed by atoms with Crippen LogP contribution in [0.2, 0.25) is 0 Å². The summed E-state index contributed by atoms with van der Waals surface area (Å²) in [5, 5.41) is 4.83. The molecule has 1 atom stereocenters. The van der Waals surface area contributed by atoms with Crippen molar-refractivity contribution in [2.24, 2.45) is 5.10 Å². The van der Waals surface area contributed by atoms with Crippen molar-refractivity contribution in [3.63, 3.8) is 0 Å². The van der Waals surface area contributed by atoms with E-state index in [1.54, 1.807) is 18.2 Å². The van der Waals surface area contributed by atoms with Gasteiger partial charge in [-0.2, -0.15) is 9.78 Å². The van der Waals surface area contributed by atoms with Crippen LogP contribution < -0.4 is 5.56 Å². The zero-order chi connectivity index (χ0) is 18.0. The molecule has 0 spiro atoms. The third-order valence-electron chi connectivity index (χ3n) is 4.08. The van der Waals surface area contributed by atoms with Crippen LogP contribution in [0.4, 0.5) is 4.39 Å². The number of hydrogen-bond donors (Lipinski definition) is 0. The highest BCUT2D eigenvalue weighted by Gasteiger charge is 2.15. The number of rotatable bonds is 4. The standard InChI is InChI=1S/C19H17BrFN3O/c1-3-12(2)18-23-17-9-6-14(20)10-16(17)19(25)24(18)22-11-13-4-7-15(21)8-5-13/h4-12H,3H2,1-2H3/t12-/m0/s1. The molecule has 3 rings (SSSR count). The summed E-state index contributed by atoms with van der Waals surface area (Å²) in [4.78, 5) is 17.6. The molecule has 1 aromatic heterocycles. The average Bonchev–Trinajstić information content (AvgIpc) is 2.62. The normalized spacial score (nSPS) is 12.8. The fourth-order valence-corrected chi connectivity index (χ4v) is 2.81. The van der Waals surface area contributed by atoms with Crippen LogP contribution in [0.5, 0.6) is 0 Å². The van der Waals surface area contributed by atoms with Crippen LogP contribution in [0, 0.1) is 5.82 Å². The predicted octanol–water partition coefficient (Wildman–Crippen LogP) is 4.69. The van der Waals surface area contributed by atoms with Gasteiger partial charge < -0.3 is 0 Å². The van der Waals surface area contributed by atoms with Crippen molar-refractivity contribution in [3.8, 4) is 0 Å². The van der Waals surface area contributed by atoms with E-state index in [0.717, 1.165) is 10.9 Å². The lowest BCUT2D eigenvalue weighted by molar-refractivity contribution is 0.613. The second-order valence-corrected chi connectivity index (χ2v) is 6.77. The third kappa shape index (κ3) is 3.69. The largest absolute Gasteiger partial charge is 0.282 e. The predicted molar refractivity (Wildman–Crippen MR) is 102 cm³/mol. The molecule has 3 aromatic rings. The van der Waals surface area contributed by atoms with Crippen molar-refractivity contribution in [1.82, 2.24) is 9.66 Å². The lowest BCUT2D eigenvalue weighted by Crippen LogP contribution is -2.23. The lowest BCUT2D eigenvalue weighted by Gasteiger charge is -2.13. The Morgan fingerprint density at radius 3 is 2.68 bits per heavy atom. The monoisotopic (exact) mass is 401 g/mol. The van der Waals surface area contributed by atoms with Gasteiger partial charge in [-0.15, -0.1) is 0 Å². The van der Waals surface area contributed by atoms with Crippen molar-refractivity contribution in [1.29, 1.82) is 0 Å². The van der Waals surface area contributed by atoms with Crippen LogP contribution in [0.15, 0.2) is 56.8 Å². The van der Waals surface area contributed by atoms with E-state index in [0.29, 0.717) is 22.3 Å². The first-order valence-corrected chi connectivity index (χ1v) is 8.81. The molecular formula is C19H17BrFN3O. The van der Waals surface area contributed by atoms with Crippen molar-refractivity contribution >= 4 is 33.0 Å². The number of halogens is 2. The van der Waals surface area contributed by atoms with Gasteiger partial charge in [-0.05, 0) is 42.3 Å². The van der Waals surface area contributed by atoms with Crippen molar-refractivity contribution in [3.05, 3.63) is 74.5 Å². The smallest absolute Gasteiger partial charge is 0.267 e. The maximum atomic E-state index is 13.0. The Bertz CT molecular complexity index is 996. The molecule has 0 fully saturated rings. The van der Waals surface area contributed by atoms with Gasteiger partial charge in [-0.25, -0.2) is 9.37 Å². The van der Waals surface area contributed by atoms with Crippen LogP contribution in [-0.4, -0.2) is 15.9 Å². The first-order chi connectivity index (χ1) is 12.0. The van der Waals surface area contributed by atoms with Gasteiger partial charge in [0.15, 0.2) is 0 Å². The Labute approximate surface area is 153 Å². The summed E-state index contributed by atoms with van der Waals surface area (Å²) in [6.07, 6.45) is 2.37. The van der Waals surface area contributed by atoms with E-state index in [1.165, 1.54) is 23.0 Å². The molecule has 0 unspecified atom stereocenters. The summed E-state index contributed by atoms with van der Waals surface area (Å²) >= 11 is 3.38. The molecule has 6 heteroatoms. The van der Waals surface area contributed by atoms with Gasteiger partial charge in [-0.1, -0.05) is 41.9 Å². The highest BCUT2D eigenvalue weighted by molar-refractivity contribution is 9.10. The molecule has 0 saturated heterocycles. The van der Waals surface area contributed by atoms with Crippen molar-refractivity contribution < 1.29 is 4.39 Å². The van der Waals surface area contributed by atoms with Gasteiger partial charge in [0, 0.05) is 10.4 Å². The molecule has 0 aliphatic carbocycles. The van der Waals surface area contributed by atoms with Gasteiger partial charge >= 0.3 is 0 Å². The van der Waals surface area contributed by atoms with Crippen LogP contribution in [-0.2, 0) is 0 Å². The second-order valence-electron chi connectivity index (χ2n) is 5.85. The fourth-order valence-electron chi connectivity index (χ4n) is 2.45. The van der Waals surface area contributed by atoms with Crippen LogP contribution in [0.25, 0.3) is 10.9 Å². The first-order valence-electron chi connectivity index (χ1n) is 8.01.